The Hall–Kier alpha value is -0.700. The predicted molar refractivity (Wildman–Crippen MR) is 78.8 cm³/mol. The van der Waals surface area contributed by atoms with Crippen molar-refractivity contribution in [1.82, 2.24) is 9.03 Å². The molecule has 0 aromatic rings. The number of hydrogen-bond donors (Lipinski definition) is 2. The number of aliphatic hydroxyl groups is 1. The molecule has 2 atom stereocenters. The fraction of sp³-hybridized carbons (Fsp3) is 0.923. The minimum Gasteiger partial charge on any atom is -0.469 e. The van der Waals surface area contributed by atoms with Gasteiger partial charge >= 0.3 is 5.97 Å². The zero-order valence-corrected chi connectivity index (χ0v) is 13.8. The van der Waals surface area contributed by atoms with E-state index in [1.165, 1.54) is 14.2 Å². The van der Waals surface area contributed by atoms with E-state index >= 15 is 0 Å². The molecule has 1 aliphatic rings. The monoisotopic (exact) mass is 322 g/mol. The van der Waals surface area contributed by atoms with E-state index in [1.54, 1.807) is 0 Å². The van der Waals surface area contributed by atoms with Crippen molar-refractivity contribution in [3.63, 3.8) is 0 Å². The second kappa shape index (κ2) is 7.53. The summed E-state index contributed by atoms with van der Waals surface area (Å²) in [6.45, 7) is 2.10. The maximum Gasteiger partial charge on any atom is 0.306 e. The van der Waals surface area contributed by atoms with Crippen molar-refractivity contribution in [2.75, 3.05) is 27.2 Å². The van der Waals surface area contributed by atoms with E-state index < -0.39 is 21.8 Å². The number of carbonyl (C=O) groups is 1. The Labute approximate surface area is 126 Å². The molecule has 0 aromatic heterocycles. The van der Waals surface area contributed by atoms with Crippen LogP contribution in [0.2, 0.25) is 0 Å². The molecule has 0 aromatic carbocycles. The SMILES string of the molecule is COC(=O)CCN(C)S(=O)(=O)NCC1(O)CCCC(C)C1. The first-order valence-electron chi connectivity index (χ1n) is 7.19. The zero-order valence-electron chi connectivity index (χ0n) is 13.0. The van der Waals surface area contributed by atoms with Crippen LogP contribution >= 0.6 is 0 Å². The number of nitrogens with one attached hydrogen (secondary N) is 1. The fourth-order valence-electron chi connectivity index (χ4n) is 2.60. The molecule has 0 radical (unpaired) electrons. The third kappa shape index (κ3) is 5.90. The second-order valence-electron chi connectivity index (χ2n) is 5.90. The number of hydrogen-bond acceptors (Lipinski definition) is 5. The van der Waals surface area contributed by atoms with Gasteiger partial charge in [0.1, 0.15) is 0 Å². The molecule has 7 nitrogen and oxygen atoms in total. The van der Waals surface area contributed by atoms with Crippen molar-refractivity contribution in [3.8, 4) is 0 Å². The summed E-state index contributed by atoms with van der Waals surface area (Å²) in [6.07, 6.45) is 3.16. The van der Waals surface area contributed by atoms with Crippen LogP contribution in [0.5, 0.6) is 0 Å². The average Bonchev–Trinajstić information content (AvgIpc) is 2.42. The van der Waals surface area contributed by atoms with Gasteiger partial charge in [-0.15, -0.1) is 0 Å². The number of methoxy groups -OCH3 is 1. The van der Waals surface area contributed by atoms with E-state index in [2.05, 4.69) is 16.4 Å². The lowest BCUT2D eigenvalue weighted by molar-refractivity contribution is -0.140. The topological polar surface area (TPSA) is 95.9 Å². The fourth-order valence-corrected chi connectivity index (χ4v) is 3.60. The largest absolute Gasteiger partial charge is 0.469 e. The highest BCUT2D eigenvalue weighted by Gasteiger charge is 2.34. The quantitative estimate of drug-likeness (QED) is 0.655. The molecular formula is C13H26N2O5S. The molecule has 2 N–H and O–H groups in total. The highest BCUT2D eigenvalue weighted by atomic mass is 32.2. The number of carbonyl (C=O) groups excluding carboxylic acids is 1. The van der Waals surface area contributed by atoms with Crippen molar-refractivity contribution in [2.24, 2.45) is 5.92 Å². The van der Waals surface area contributed by atoms with Crippen molar-refractivity contribution < 1.29 is 23.1 Å². The molecule has 1 rings (SSSR count). The summed E-state index contributed by atoms with van der Waals surface area (Å²) >= 11 is 0. The Kier molecular flexibility index (Phi) is 6.58. The predicted octanol–water partition coefficient (Wildman–Crippen LogP) is 0.257. The standard InChI is InChI=1S/C13H26N2O5S/c1-11-5-4-7-13(17,9-11)10-14-21(18,19)15(2)8-6-12(16)20-3/h11,14,17H,4-10H2,1-3H3. The van der Waals surface area contributed by atoms with Crippen molar-refractivity contribution in [2.45, 2.75) is 44.6 Å². The molecule has 1 aliphatic carbocycles. The highest BCUT2D eigenvalue weighted by Crippen LogP contribution is 2.31. The summed E-state index contributed by atoms with van der Waals surface area (Å²) in [6, 6.07) is 0. The van der Waals surface area contributed by atoms with Gasteiger partial charge in [-0.25, -0.2) is 0 Å². The van der Waals surface area contributed by atoms with E-state index in [0.29, 0.717) is 18.8 Å². The lowest BCUT2D eigenvalue weighted by Crippen LogP contribution is -2.49. The maximum atomic E-state index is 12.0. The molecule has 8 heteroatoms. The van der Waals surface area contributed by atoms with Crippen LogP contribution in [0.4, 0.5) is 0 Å². The summed E-state index contributed by atoms with van der Waals surface area (Å²) in [5.74, 6) is -0.0675. The third-order valence-corrected chi connectivity index (χ3v) is 5.43. The molecule has 0 bridgehead atoms. The van der Waals surface area contributed by atoms with Gasteiger partial charge in [0.05, 0.1) is 19.1 Å². The van der Waals surface area contributed by atoms with Crippen LogP contribution in [0.3, 0.4) is 0 Å². The van der Waals surface area contributed by atoms with E-state index in [9.17, 15) is 18.3 Å². The van der Waals surface area contributed by atoms with Gasteiger partial charge in [-0.2, -0.15) is 17.4 Å². The number of nitrogens with zero attached hydrogens (tertiary/aromatic N) is 1. The molecule has 0 heterocycles. The van der Waals surface area contributed by atoms with Crippen LogP contribution in [-0.4, -0.2) is 56.6 Å². The molecule has 2 unspecified atom stereocenters. The molecule has 124 valence electrons. The zero-order chi connectivity index (χ0) is 16.1. The van der Waals surface area contributed by atoms with Crippen LogP contribution in [0.15, 0.2) is 0 Å². The first-order valence-corrected chi connectivity index (χ1v) is 8.63. The smallest absolute Gasteiger partial charge is 0.306 e. The molecule has 0 saturated heterocycles. The van der Waals surface area contributed by atoms with Gasteiger partial charge in [0, 0.05) is 20.1 Å². The molecule has 0 spiro atoms. The Balaban J connectivity index is 2.50. The minimum atomic E-state index is -3.70. The van der Waals surface area contributed by atoms with Gasteiger partial charge in [0.25, 0.3) is 10.2 Å². The number of esters is 1. The summed E-state index contributed by atoms with van der Waals surface area (Å²) in [7, 11) is -1.06. The van der Waals surface area contributed by atoms with E-state index in [4.69, 9.17) is 0 Å². The maximum absolute atomic E-state index is 12.0. The second-order valence-corrected chi connectivity index (χ2v) is 7.76. The molecule has 1 fully saturated rings. The van der Waals surface area contributed by atoms with Crippen LogP contribution < -0.4 is 4.72 Å². The van der Waals surface area contributed by atoms with E-state index in [1.807, 2.05) is 0 Å². The third-order valence-electron chi connectivity index (χ3n) is 3.92. The molecule has 1 saturated carbocycles. The molecule has 0 aliphatic heterocycles. The van der Waals surface area contributed by atoms with Crippen LogP contribution in [0.1, 0.15) is 39.0 Å². The van der Waals surface area contributed by atoms with E-state index in [0.717, 1.165) is 17.1 Å². The van der Waals surface area contributed by atoms with Gasteiger partial charge in [-0.3, -0.25) is 4.79 Å². The van der Waals surface area contributed by atoms with Crippen molar-refractivity contribution in [1.29, 1.82) is 0 Å². The van der Waals surface area contributed by atoms with E-state index in [-0.39, 0.29) is 19.5 Å². The lowest BCUT2D eigenvalue weighted by Gasteiger charge is -2.35. The summed E-state index contributed by atoms with van der Waals surface area (Å²) in [4.78, 5) is 11.0. The lowest BCUT2D eigenvalue weighted by atomic mass is 9.79. The Bertz CT molecular complexity index is 453. The Morgan fingerprint density at radius 2 is 2.19 bits per heavy atom. The molecule has 21 heavy (non-hydrogen) atoms. The molecule has 0 amide bonds. The van der Waals surface area contributed by atoms with Crippen LogP contribution in [0, 0.1) is 5.92 Å². The van der Waals surface area contributed by atoms with Gasteiger partial charge in [0.2, 0.25) is 0 Å². The highest BCUT2D eigenvalue weighted by molar-refractivity contribution is 7.87. The first-order chi connectivity index (χ1) is 9.68. The van der Waals surface area contributed by atoms with Gasteiger partial charge in [-0.1, -0.05) is 19.8 Å². The number of ether oxygens (including phenoxy) is 1. The Morgan fingerprint density at radius 3 is 2.76 bits per heavy atom. The van der Waals surface area contributed by atoms with Crippen LogP contribution in [0.25, 0.3) is 0 Å². The summed E-state index contributed by atoms with van der Waals surface area (Å²) < 4.78 is 32.1. The number of rotatable bonds is 7. The van der Waals surface area contributed by atoms with Crippen molar-refractivity contribution >= 4 is 16.2 Å². The normalized spacial score (nSPS) is 26.8. The molecular weight excluding hydrogens is 296 g/mol. The first kappa shape index (κ1) is 18.3. The van der Waals surface area contributed by atoms with Crippen LogP contribution in [-0.2, 0) is 19.7 Å². The van der Waals surface area contributed by atoms with Gasteiger partial charge < -0.3 is 9.84 Å². The van der Waals surface area contributed by atoms with Gasteiger partial charge in [-0.05, 0) is 18.8 Å². The summed E-state index contributed by atoms with van der Waals surface area (Å²) in [5, 5.41) is 10.4. The minimum absolute atomic E-state index is 0.00222. The average molecular weight is 322 g/mol. The Morgan fingerprint density at radius 1 is 1.52 bits per heavy atom. The summed E-state index contributed by atoms with van der Waals surface area (Å²) in [5.41, 5.74) is -0.978. The van der Waals surface area contributed by atoms with Gasteiger partial charge in [0.15, 0.2) is 0 Å². The van der Waals surface area contributed by atoms with Crippen molar-refractivity contribution in [3.05, 3.63) is 0 Å².